The number of carbonyl (C=O) groups excluding carboxylic acids is 1. The summed E-state index contributed by atoms with van der Waals surface area (Å²) in [6, 6.07) is 15.8. The maximum atomic E-state index is 11.9. The highest BCUT2D eigenvalue weighted by molar-refractivity contribution is 9.10. The van der Waals surface area contributed by atoms with E-state index in [1.165, 1.54) is 0 Å². The molecule has 0 spiro atoms. The second-order valence-corrected chi connectivity index (χ2v) is 7.05. The van der Waals surface area contributed by atoms with Gasteiger partial charge in [0.2, 0.25) is 5.91 Å². The van der Waals surface area contributed by atoms with Gasteiger partial charge >= 0.3 is 0 Å². The summed E-state index contributed by atoms with van der Waals surface area (Å²) in [6.07, 6.45) is 0. The van der Waals surface area contributed by atoms with Gasteiger partial charge in [0.05, 0.1) is 20.2 Å². The highest BCUT2D eigenvalue weighted by Gasteiger charge is 2.06. The molecule has 2 N–H and O–H groups in total. The van der Waals surface area contributed by atoms with Gasteiger partial charge in [-0.1, -0.05) is 40.2 Å². The maximum Gasteiger partial charge on any atom is 0.241 e. The molecule has 0 saturated heterocycles. The number of ether oxygens (including phenoxy) is 1. The number of halogens is 1. The first kappa shape index (κ1) is 20.8. The van der Waals surface area contributed by atoms with Gasteiger partial charge in [0.15, 0.2) is 5.96 Å². The van der Waals surface area contributed by atoms with Crippen LogP contribution in [0.4, 0.5) is 0 Å². The lowest BCUT2D eigenvalue weighted by Gasteiger charge is -2.15. The van der Waals surface area contributed by atoms with Crippen molar-refractivity contribution in [2.45, 2.75) is 13.1 Å². The normalized spacial score (nSPS) is 11.0. The van der Waals surface area contributed by atoms with Crippen LogP contribution >= 0.6 is 15.9 Å². The lowest BCUT2D eigenvalue weighted by atomic mass is 10.2. The molecule has 0 radical (unpaired) electrons. The Balaban J connectivity index is 2.04. The van der Waals surface area contributed by atoms with Crippen LogP contribution in [-0.4, -0.2) is 44.5 Å². The van der Waals surface area contributed by atoms with Crippen molar-refractivity contribution in [3.8, 4) is 5.75 Å². The van der Waals surface area contributed by atoms with Crippen molar-refractivity contribution in [3.05, 3.63) is 64.1 Å². The van der Waals surface area contributed by atoms with E-state index in [1.807, 2.05) is 48.5 Å². The molecule has 0 aliphatic rings. The molecule has 0 aromatic heterocycles. The van der Waals surface area contributed by atoms with E-state index in [1.54, 1.807) is 26.1 Å². The lowest BCUT2D eigenvalue weighted by Crippen LogP contribution is -2.42. The Labute approximate surface area is 168 Å². The zero-order chi connectivity index (χ0) is 19.6. The number of hydrogen-bond donors (Lipinski definition) is 2. The number of methoxy groups -OCH3 is 1. The number of amides is 1. The lowest BCUT2D eigenvalue weighted by molar-refractivity contribution is -0.127. The summed E-state index contributed by atoms with van der Waals surface area (Å²) in [5, 5.41) is 6.36. The van der Waals surface area contributed by atoms with Crippen LogP contribution in [0.25, 0.3) is 0 Å². The molecular formula is C20H25BrN4O2. The zero-order valence-corrected chi connectivity index (χ0v) is 17.4. The Hall–Kier alpha value is -2.54. The molecule has 0 heterocycles. The maximum absolute atomic E-state index is 11.9. The van der Waals surface area contributed by atoms with Gasteiger partial charge in [-0.2, -0.15) is 0 Å². The number of aliphatic imine (C=N–C) groups is 1. The predicted octanol–water partition coefficient (Wildman–Crippen LogP) is 2.78. The summed E-state index contributed by atoms with van der Waals surface area (Å²) in [7, 11) is 5.10. The van der Waals surface area contributed by atoms with Gasteiger partial charge in [0.25, 0.3) is 0 Å². The Kier molecular flexibility index (Phi) is 8.13. The second kappa shape index (κ2) is 10.6. The number of nitrogens with zero attached hydrogens (tertiary/aromatic N) is 2. The van der Waals surface area contributed by atoms with Crippen molar-refractivity contribution in [1.29, 1.82) is 0 Å². The summed E-state index contributed by atoms with van der Waals surface area (Å²) in [5.74, 6) is 1.35. The van der Waals surface area contributed by atoms with Gasteiger partial charge in [-0.25, -0.2) is 4.99 Å². The standard InChI is InChI=1S/C20H25BrN4O2/c1-25(2)19(26)14-24-20(22-12-15-7-9-17(21)10-8-15)23-13-16-5-4-6-18(11-16)27-3/h4-11H,12-14H2,1-3H3,(H2,22,23,24). The fourth-order valence-electron chi connectivity index (χ4n) is 2.22. The summed E-state index contributed by atoms with van der Waals surface area (Å²) >= 11 is 3.43. The van der Waals surface area contributed by atoms with Gasteiger partial charge in [0, 0.05) is 25.1 Å². The quantitative estimate of drug-likeness (QED) is 0.521. The SMILES string of the molecule is COc1cccc(CN=C(NCC(=O)N(C)C)NCc2ccc(Br)cc2)c1. The van der Waals surface area contributed by atoms with Crippen molar-refractivity contribution >= 4 is 27.8 Å². The van der Waals surface area contributed by atoms with E-state index in [4.69, 9.17) is 4.74 Å². The number of carbonyl (C=O) groups is 1. The van der Waals surface area contributed by atoms with Crippen molar-refractivity contribution in [1.82, 2.24) is 15.5 Å². The monoisotopic (exact) mass is 432 g/mol. The molecule has 0 saturated carbocycles. The smallest absolute Gasteiger partial charge is 0.241 e. The topological polar surface area (TPSA) is 66.0 Å². The number of benzene rings is 2. The molecule has 1 amide bonds. The van der Waals surface area contributed by atoms with E-state index in [2.05, 4.69) is 31.6 Å². The molecule has 0 aliphatic heterocycles. The zero-order valence-electron chi connectivity index (χ0n) is 15.8. The molecule has 7 heteroatoms. The van der Waals surface area contributed by atoms with Crippen molar-refractivity contribution in [2.24, 2.45) is 4.99 Å². The minimum absolute atomic E-state index is 0.0190. The first-order valence-corrected chi connectivity index (χ1v) is 9.37. The Morgan fingerprint density at radius 2 is 1.85 bits per heavy atom. The van der Waals surface area contributed by atoms with Gasteiger partial charge in [0.1, 0.15) is 5.75 Å². The van der Waals surface area contributed by atoms with Gasteiger partial charge in [-0.15, -0.1) is 0 Å². The van der Waals surface area contributed by atoms with E-state index < -0.39 is 0 Å². The molecule has 27 heavy (non-hydrogen) atoms. The van der Waals surface area contributed by atoms with Crippen LogP contribution in [0, 0.1) is 0 Å². The molecule has 0 unspecified atom stereocenters. The first-order chi connectivity index (χ1) is 13.0. The van der Waals surface area contributed by atoms with Gasteiger partial charge in [-0.05, 0) is 35.4 Å². The molecule has 144 valence electrons. The average Bonchev–Trinajstić information content (AvgIpc) is 2.68. The van der Waals surface area contributed by atoms with E-state index in [0.717, 1.165) is 21.3 Å². The van der Waals surface area contributed by atoms with E-state index in [0.29, 0.717) is 19.0 Å². The Morgan fingerprint density at radius 3 is 2.52 bits per heavy atom. The summed E-state index contributed by atoms with van der Waals surface area (Å²) in [4.78, 5) is 18.0. The molecule has 2 aromatic rings. The van der Waals surface area contributed by atoms with Gasteiger partial charge in [-0.3, -0.25) is 4.79 Å². The van der Waals surface area contributed by atoms with Crippen molar-refractivity contribution < 1.29 is 9.53 Å². The van der Waals surface area contributed by atoms with Crippen LogP contribution < -0.4 is 15.4 Å². The van der Waals surface area contributed by atoms with E-state index in [9.17, 15) is 4.79 Å². The minimum Gasteiger partial charge on any atom is -0.497 e. The molecule has 2 aromatic carbocycles. The predicted molar refractivity (Wildman–Crippen MR) is 112 cm³/mol. The molecule has 0 bridgehead atoms. The molecular weight excluding hydrogens is 408 g/mol. The summed E-state index contributed by atoms with van der Waals surface area (Å²) in [6.45, 7) is 1.26. The number of guanidine groups is 1. The fraction of sp³-hybridized carbons (Fsp3) is 0.300. The average molecular weight is 433 g/mol. The van der Waals surface area contributed by atoms with Crippen LogP contribution in [0.3, 0.4) is 0 Å². The largest absolute Gasteiger partial charge is 0.497 e. The van der Waals surface area contributed by atoms with Crippen LogP contribution in [0.2, 0.25) is 0 Å². The van der Waals surface area contributed by atoms with Crippen molar-refractivity contribution in [3.63, 3.8) is 0 Å². The third-order valence-electron chi connectivity index (χ3n) is 3.83. The minimum atomic E-state index is -0.0190. The number of rotatable bonds is 7. The molecule has 0 fully saturated rings. The highest BCUT2D eigenvalue weighted by atomic mass is 79.9. The number of likely N-dealkylation sites (N-methyl/N-ethyl adjacent to an activating group) is 1. The molecule has 0 aliphatic carbocycles. The van der Waals surface area contributed by atoms with Crippen LogP contribution in [0.1, 0.15) is 11.1 Å². The highest BCUT2D eigenvalue weighted by Crippen LogP contribution is 2.13. The summed E-state index contributed by atoms with van der Waals surface area (Å²) in [5.41, 5.74) is 2.14. The second-order valence-electron chi connectivity index (χ2n) is 6.14. The number of nitrogens with one attached hydrogen (secondary N) is 2. The summed E-state index contributed by atoms with van der Waals surface area (Å²) < 4.78 is 6.28. The molecule has 0 atom stereocenters. The third-order valence-corrected chi connectivity index (χ3v) is 4.36. The fourth-order valence-corrected chi connectivity index (χ4v) is 2.49. The van der Waals surface area contributed by atoms with Crippen LogP contribution in [0.5, 0.6) is 5.75 Å². The van der Waals surface area contributed by atoms with E-state index >= 15 is 0 Å². The molecule has 2 rings (SSSR count). The Bertz CT molecular complexity index is 776. The third kappa shape index (κ3) is 7.30. The Morgan fingerprint density at radius 1 is 1.11 bits per heavy atom. The van der Waals surface area contributed by atoms with Crippen LogP contribution in [-0.2, 0) is 17.9 Å². The molecule has 6 nitrogen and oxygen atoms in total. The number of hydrogen-bond acceptors (Lipinski definition) is 3. The van der Waals surface area contributed by atoms with Crippen LogP contribution in [0.15, 0.2) is 58.0 Å². The van der Waals surface area contributed by atoms with Gasteiger partial charge < -0.3 is 20.3 Å². The van der Waals surface area contributed by atoms with Crippen molar-refractivity contribution in [2.75, 3.05) is 27.7 Å². The van der Waals surface area contributed by atoms with E-state index in [-0.39, 0.29) is 12.5 Å². The first-order valence-electron chi connectivity index (χ1n) is 8.57.